The van der Waals surface area contributed by atoms with Gasteiger partial charge in [0.1, 0.15) is 0 Å². The van der Waals surface area contributed by atoms with Crippen molar-refractivity contribution in [2.24, 2.45) is 11.8 Å². The molecule has 30 heavy (non-hydrogen) atoms. The summed E-state index contributed by atoms with van der Waals surface area (Å²) in [5.41, 5.74) is 6.26. The van der Waals surface area contributed by atoms with Crippen LogP contribution < -0.4 is 0 Å². The van der Waals surface area contributed by atoms with E-state index in [0.717, 1.165) is 5.92 Å². The van der Waals surface area contributed by atoms with E-state index < -0.39 is 0 Å². The highest BCUT2D eigenvalue weighted by atomic mass is 19.1. The molecule has 0 nitrogen and oxygen atoms in total. The summed E-state index contributed by atoms with van der Waals surface area (Å²) in [6, 6.07) is 28.2. The van der Waals surface area contributed by atoms with Gasteiger partial charge >= 0.3 is 0 Å². The SMILES string of the molecule is CCC1CCCCC1C(CCF)c1ccc(-c2ccc(-c3ccccc3)cc2)cc1. The minimum absolute atomic E-state index is 0.222. The molecule has 3 unspecified atom stereocenters. The Hall–Kier alpha value is -2.41. The average molecular weight is 401 g/mol. The lowest BCUT2D eigenvalue weighted by atomic mass is 9.68. The summed E-state index contributed by atoms with van der Waals surface area (Å²) in [5, 5.41) is 0. The molecule has 3 aromatic carbocycles. The molecule has 1 saturated carbocycles. The van der Waals surface area contributed by atoms with Gasteiger partial charge in [0.15, 0.2) is 0 Å². The summed E-state index contributed by atoms with van der Waals surface area (Å²) in [5.74, 6) is 1.74. The van der Waals surface area contributed by atoms with Crippen molar-refractivity contribution in [1.82, 2.24) is 0 Å². The van der Waals surface area contributed by atoms with Crippen molar-refractivity contribution < 1.29 is 4.39 Å². The first-order valence-electron chi connectivity index (χ1n) is 11.6. The van der Waals surface area contributed by atoms with E-state index in [-0.39, 0.29) is 6.67 Å². The average Bonchev–Trinajstić information content (AvgIpc) is 2.83. The van der Waals surface area contributed by atoms with Gasteiger partial charge in [-0.15, -0.1) is 0 Å². The highest BCUT2D eigenvalue weighted by Crippen LogP contribution is 2.43. The van der Waals surface area contributed by atoms with Crippen molar-refractivity contribution in [3.05, 3.63) is 84.4 Å². The molecule has 0 spiro atoms. The van der Waals surface area contributed by atoms with Crippen LogP contribution in [0.5, 0.6) is 0 Å². The van der Waals surface area contributed by atoms with Crippen LogP contribution in [0.4, 0.5) is 4.39 Å². The fraction of sp³-hybridized carbons (Fsp3) is 0.379. The second kappa shape index (κ2) is 10.1. The highest BCUT2D eigenvalue weighted by Gasteiger charge is 2.31. The van der Waals surface area contributed by atoms with Gasteiger partial charge in [0, 0.05) is 0 Å². The van der Waals surface area contributed by atoms with E-state index in [1.165, 1.54) is 59.9 Å². The van der Waals surface area contributed by atoms with Crippen molar-refractivity contribution in [2.45, 2.75) is 51.4 Å². The van der Waals surface area contributed by atoms with E-state index >= 15 is 0 Å². The molecular formula is C29H33F. The maximum absolute atomic E-state index is 13.4. The van der Waals surface area contributed by atoms with E-state index in [4.69, 9.17) is 0 Å². The number of halogens is 1. The zero-order valence-corrected chi connectivity index (χ0v) is 18.1. The van der Waals surface area contributed by atoms with Gasteiger partial charge < -0.3 is 0 Å². The Bertz CT molecular complexity index is 895. The van der Waals surface area contributed by atoms with Crippen LogP contribution >= 0.6 is 0 Å². The van der Waals surface area contributed by atoms with Crippen LogP contribution in [0.25, 0.3) is 22.3 Å². The predicted molar refractivity (Wildman–Crippen MR) is 126 cm³/mol. The molecule has 0 saturated heterocycles. The maximum atomic E-state index is 13.4. The Morgan fingerprint density at radius 1 is 0.733 bits per heavy atom. The van der Waals surface area contributed by atoms with Crippen LogP contribution in [0.2, 0.25) is 0 Å². The molecule has 0 aliphatic heterocycles. The van der Waals surface area contributed by atoms with Gasteiger partial charge in [0.05, 0.1) is 6.67 Å². The molecule has 0 N–H and O–H groups in total. The molecule has 0 aromatic heterocycles. The number of hydrogen-bond donors (Lipinski definition) is 0. The third-order valence-electron chi connectivity index (χ3n) is 7.09. The Kier molecular flexibility index (Phi) is 7.00. The summed E-state index contributed by atoms with van der Waals surface area (Å²) in [7, 11) is 0. The summed E-state index contributed by atoms with van der Waals surface area (Å²) < 4.78 is 13.4. The van der Waals surface area contributed by atoms with Crippen molar-refractivity contribution in [2.75, 3.05) is 6.67 Å². The first-order chi connectivity index (χ1) is 14.8. The lowest BCUT2D eigenvalue weighted by Crippen LogP contribution is -2.26. The Morgan fingerprint density at radius 2 is 1.27 bits per heavy atom. The molecule has 156 valence electrons. The quantitative estimate of drug-likeness (QED) is 0.372. The molecule has 0 amide bonds. The molecule has 4 rings (SSSR count). The predicted octanol–water partition coefficient (Wildman–Crippen LogP) is 8.68. The number of hydrogen-bond acceptors (Lipinski definition) is 0. The van der Waals surface area contributed by atoms with Crippen molar-refractivity contribution in [3.8, 4) is 22.3 Å². The zero-order chi connectivity index (χ0) is 20.8. The molecule has 1 aliphatic rings. The van der Waals surface area contributed by atoms with Gasteiger partial charge in [-0.25, -0.2) is 0 Å². The molecule has 0 bridgehead atoms. The second-order valence-corrected chi connectivity index (χ2v) is 8.77. The Morgan fingerprint density at radius 3 is 1.83 bits per heavy atom. The summed E-state index contributed by atoms with van der Waals surface area (Å²) in [6.07, 6.45) is 7.10. The van der Waals surface area contributed by atoms with Gasteiger partial charge in [0.2, 0.25) is 0 Å². The van der Waals surface area contributed by atoms with E-state index in [1.807, 2.05) is 6.07 Å². The standard InChI is InChI=1S/C29H33F/c1-2-22-8-6-7-11-28(22)29(20-21-30)27-18-16-26(17-19-27)25-14-12-24(13-15-25)23-9-4-3-5-10-23/h3-5,9-10,12-19,22,28-29H,2,6-8,11,20-21H2,1H3. The minimum atomic E-state index is -0.222. The van der Waals surface area contributed by atoms with Gasteiger partial charge in [-0.05, 0) is 58.4 Å². The summed E-state index contributed by atoms with van der Waals surface area (Å²) in [4.78, 5) is 0. The first-order valence-corrected chi connectivity index (χ1v) is 11.6. The minimum Gasteiger partial charge on any atom is -0.251 e. The monoisotopic (exact) mass is 400 g/mol. The normalized spacial score (nSPS) is 20.1. The second-order valence-electron chi connectivity index (χ2n) is 8.77. The molecular weight excluding hydrogens is 367 g/mol. The van der Waals surface area contributed by atoms with Crippen LogP contribution in [0, 0.1) is 11.8 Å². The van der Waals surface area contributed by atoms with E-state index in [2.05, 4.69) is 79.7 Å². The smallest absolute Gasteiger partial charge is 0.0900 e. The largest absolute Gasteiger partial charge is 0.251 e. The van der Waals surface area contributed by atoms with Gasteiger partial charge in [-0.3, -0.25) is 4.39 Å². The molecule has 0 radical (unpaired) electrons. The lowest BCUT2D eigenvalue weighted by Gasteiger charge is -2.37. The van der Waals surface area contributed by atoms with Crippen molar-refractivity contribution >= 4 is 0 Å². The van der Waals surface area contributed by atoms with Crippen LogP contribution in [0.1, 0.15) is 56.9 Å². The first kappa shape index (κ1) is 20.8. The topological polar surface area (TPSA) is 0 Å². The van der Waals surface area contributed by atoms with Gasteiger partial charge in [-0.1, -0.05) is 111 Å². The fourth-order valence-electron chi connectivity index (χ4n) is 5.43. The third-order valence-corrected chi connectivity index (χ3v) is 7.09. The van der Waals surface area contributed by atoms with Crippen molar-refractivity contribution in [3.63, 3.8) is 0 Å². The molecule has 3 atom stereocenters. The van der Waals surface area contributed by atoms with E-state index in [1.54, 1.807) is 0 Å². The highest BCUT2D eigenvalue weighted by molar-refractivity contribution is 5.70. The molecule has 1 fully saturated rings. The third kappa shape index (κ3) is 4.67. The lowest BCUT2D eigenvalue weighted by molar-refractivity contribution is 0.183. The summed E-state index contributed by atoms with van der Waals surface area (Å²) in [6.45, 7) is 2.08. The van der Waals surface area contributed by atoms with Crippen LogP contribution in [0.15, 0.2) is 78.9 Å². The molecule has 1 aliphatic carbocycles. The van der Waals surface area contributed by atoms with Gasteiger partial charge in [-0.2, -0.15) is 0 Å². The Balaban J connectivity index is 1.53. The zero-order valence-electron chi connectivity index (χ0n) is 18.1. The van der Waals surface area contributed by atoms with Crippen LogP contribution in [0.3, 0.4) is 0 Å². The molecule has 0 heterocycles. The Labute approximate surface area is 181 Å². The number of rotatable bonds is 7. The van der Waals surface area contributed by atoms with Gasteiger partial charge in [0.25, 0.3) is 0 Å². The summed E-state index contributed by atoms with van der Waals surface area (Å²) >= 11 is 0. The fourth-order valence-corrected chi connectivity index (χ4v) is 5.43. The maximum Gasteiger partial charge on any atom is 0.0900 e. The number of benzene rings is 3. The van der Waals surface area contributed by atoms with E-state index in [9.17, 15) is 4.39 Å². The number of alkyl halides is 1. The molecule has 3 aromatic rings. The molecule has 1 heteroatoms. The van der Waals surface area contributed by atoms with Crippen LogP contribution in [-0.4, -0.2) is 6.67 Å². The van der Waals surface area contributed by atoms with Crippen molar-refractivity contribution in [1.29, 1.82) is 0 Å². The van der Waals surface area contributed by atoms with E-state index in [0.29, 0.717) is 18.3 Å². The van der Waals surface area contributed by atoms with Crippen LogP contribution in [-0.2, 0) is 0 Å².